The van der Waals surface area contributed by atoms with Crippen molar-refractivity contribution in [2.75, 3.05) is 6.54 Å². The van der Waals surface area contributed by atoms with Crippen LogP contribution in [0.3, 0.4) is 0 Å². The third-order valence-corrected chi connectivity index (χ3v) is 3.89. The van der Waals surface area contributed by atoms with Gasteiger partial charge in [-0.2, -0.15) is 0 Å². The van der Waals surface area contributed by atoms with Crippen LogP contribution in [0.15, 0.2) is 24.5 Å². The summed E-state index contributed by atoms with van der Waals surface area (Å²) in [5.41, 5.74) is 1.17. The number of likely N-dealkylation sites (tertiary alicyclic amines) is 1. The molecule has 1 aliphatic heterocycles. The number of piperidine rings is 1. The van der Waals surface area contributed by atoms with Crippen molar-refractivity contribution in [3.8, 4) is 0 Å². The Balaban J connectivity index is 2.07. The number of rotatable bonds is 3. The fraction of sp³-hybridized carbons (Fsp3) is 0.533. The van der Waals surface area contributed by atoms with Crippen LogP contribution >= 0.6 is 12.2 Å². The quantitative estimate of drug-likeness (QED) is 0.870. The maximum Gasteiger partial charge on any atom is 0.226 e. The van der Waals surface area contributed by atoms with Crippen LogP contribution in [-0.4, -0.2) is 27.4 Å². The lowest BCUT2D eigenvalue weighted by Gasteiger charge is -2.37. The molecule has 1 atom stereocenters. The van der Waals surface area contributed by atoms with Crippen LogP contribution in [-0.2, 0) is 4.79 Å². The van der Waals surface area contributed by atoms with Crippen molar-refractivity contribution < 1.29 is 4.79 Å². The van der Waals surface area contributed by atoms with Crippen molar-refractivity contribution in [3.05, 3.63) is 30.1 Å². The van der Waals surface area contributed by atoms with Gasteiger partial charge in [0.05, 0.1) is 6.04 Å². The van der Waals surface area contributed by atoms with E-state index in [9.17, 15) is 4.79 Å². The molecule has 0 radical (unpaired) electrons. The van der Waals surface area contributed by atoms with Crippen molar-refractivity contribution in [3.63, 3.8) is 0 Å². The molecule has 1 aromatic heterocycles. The monoisotopic (exact) mass is 291 g/mol. The zero-order valence-corrected chi connectivity index (χ0v) is 12.7. The molecule has 2 rings (SSSR count). The van der Waals surface area contributed by atoms with Crippen molar-refractivity contribution in [2.45, 2.75) is 45.1 Å². The van der Waals surface area contributed by atoms with E-state index in [0.717, 1.165) is 25.8 Å². The van der Waals surface area contributed by atoms with E-state index >= 15 is 0 Å². The van der Waals surface area contributed by atoms with E-state index in [0.29, 0.717) is 11.5 Å². The molecule has 1 unspecified atom stereocenters. The molecule has 0 bridgehead atoms. The predicted octanol–water partition coefficient (Wildman–Crippen LogP) is 2.81. The van der Waals surface area contributed by atoms with E-state index in [2.05, 4.69) is 21.3 Å². The Kier molecular flexibility index (Phi) is 5.47. The number of pyridine rings is 1. The zero-order valence-electron chi connectivity index (χ0n) is 11.8. The molecule has 1 aromatic rings. The zero-order chi connectivity index (χ0) is 14.4. The molecule has 0 aliphatic carbocycles. The summed E-state index contributed by atoms with van der Waals surface area (Å²) in [6, 6.07) is 4.25. The number of thiocarbonyl (C=S) groups is 1. The van der Waals surface area contributed by atoms with Crippen LogP contribution in [0.1, 0.15) is 50.6 Å². The number of nitrogens with zero attached hydrogens (tertiary/aromatic N) is 2. The summed E-state index contributed by atoms with van der Waals surface area (Å²) in [4.78, 5) is 18.0. The summed E-state index contributed by atoms with van der Waals surface area (Å²) in [5, 5.41) is 3.40. The lowest BCUT2D eigenvalue weighted by atomic mass is 9.97. The second-order valence-corrected chi connectivity index (χ2v) is 5.48. The van der Waals surface area contributed by atoms with Crippen LogP contribution in [0.4, 0.5) is 0 Å². The van der Waals surface area contributed by atoms with Gasteiger partial charge in [-0.1, -0.05) is 13.0 Å². The molecule has 0 saturated carbocycles. The van der Waals surface area contributed by atoms with Crippen LogP contribution < -0.4 is 5.32 Å². The Hall–Kier alpha value is -1.49. The normalized spacial score (nSPS) is 18.6. The third kappa shape index (κ3) is 3.76. The molecule has 1 fully saturated rings. The highest BCUT2D eigenvalue weighted by molar-refractivity contribution is 7.80. The van der Waals surface area contributed by atoms with Crippen molar-refractivity contribution >= 4 is 23.2 Å². The number of carbonyl (C=O) groups excluding carboxylic acids is 1. The molecule has 4 nitrogen and oxygen atoms in total. The Labute approximate surface area is 125 Å². The topological polar surface area (TPSA) is 45.2 Å². The molecule has 108 valence electrons. The molecular weight excluding hydrogens is 270 g/mol. The molecule has 5 heteroatoms. The first kappa shape index (κ1) is 14.9. The molecule has 0 spiro atoms. The van der Waals surface area contributed by atoms with Gasteiger partial charge in [0.2, 0.25) is 5.91 Å². The second-order valence-electron chi connectivity index (χ2n) is 5.09. The number of hydrogen-bond donors (Lipinski definition) is 1. The summed E-state index contributed by atoms with van der Waals surface area (Å²) >= 11 is 5.42. The number of aromatic nitrogens is 1. The molecule has 1 N–H and O–H groups in total. The minimum atomic E-state index is 0.00742. The molecule has 1 amide bonds. The van der Waals surface area contributed by atoms with E-state index in [1.165, 1.54) is 12.0 Å². The number of hydrogen-bond acceptors (Lipinski definition) is 3. The lowest BCUT2D eigenvalue weighted by molar-refractivity contribution is -0.119. The van der Waals surface area contributed by atoms with Gasteiger partial charge >= 0.3 is 0 Å². The third-order valence-electron chi connectivity index (χ3n) is 3.56. The Morgan fingerprint density at radius 2 is 2.40 bits per heavy atom. The first-order chi connectivity index (χ1) is 9.72. The number of nitrogens with one attached hydrogen (secondary N) is 1. The summed E-state index contributed by atoms with van der Waals surface area (Å²) < 4.78 is 0. The number of carbonyl (C=O) groups is 1. The van der Waals surface area contributed by atoms with Gasteiger partial charge in [-0.25, -0.2) is 0 Å². The highest BCUT2D eigenvalue weighted by Crippen LogP contribution is 2.30. The van der Waals surface area contributed by atoms with Crippen LogP contribution in [0.5, 0.6) is 0 Å². The van der Waals surface area contributed by atoms with E-state index < -0.39 is 0 Å². The van der Waals surface area contributed by atoms with Crippen molar-refractivity contribution in [1.29, 1.82) is 0 Å². The molecule has 20 heavy (non-hydrogen) atoms. The average Bonchev–Trinajstić information content (AvgIpc) is 2.48. The first-order valence-corrected chi connectivity index (χ1v) is 7.63. The molecule has 1 saturated heterocycles. The van der Waals surface area contributed by atoms with Gasteiger partial charge in [0.25, 0.3) is 0 Å². The fourth-order valence-electron chi connectivity index (χ4n) is 2.57. The molecule has 0 aromatic carbocycles. The van der Waals surface area contributed by atoms with Crippen LogP contribution in [0.2, 0.25) is 0 Å². The SMILES string of the molecule is CCCC(=O)NC(=S)N1CCCCC1c1cccnc1. The second kappa shape index (κ2) is 7.33. The lowest BCUT2D eigenvalue weighted by Crippen LogP contribution is -2.46. The van der Waals surface area contributed by atoms with Gasteiger partial charge in [-0.15, -0.1) is 0 Å². The highest BCUT2D eigenvalue weighted by Gasteiger charge is 2.26. The van der Waals surface area contributed by atoms with Gasteiger partial charge in [0.15, 0.2) is 5.11 Å². The maximum atomic E-state index is 11.7. The van der Waals surface area contributed by atoms with Crippen LogP contribution in [0.25, 0.3) is 0 Å². The van der Waals surface area contributed by atoms with E-state index in [1.54, 1.807) is 6.20 Å². The summed E-state index contributed by atoms with van der Waals surface area (Å²) in [5.74, 6) is 0.00742. The highest BCUT2D eigenvalue weighted by atomic mass is 32.1. The Morgan fingerprint density at radius 3 is 3.10 bits per heavy atom. The minimum absolute atomic E-state index is 0.00742. The average molecular weight is 291 g/mol. The fourth-order valence-corrected chi connectivity index (χ4v) is 2.91. The molecule has 1 aliphatic rings. The largest absolute Gasteiger partial charge is 0.342 e. The van der Waals surface area contributed by atoms with Gasteiger partial charge in [0.1, 0.15) is 0 Å². The summed E-state index contributed by atoms with van der Waals surface area (Å²) in [6.07, 6.45) is 8.36. The van der Waals surface area contributed by atoms with Crippen LogP contribution in [0, 0.1) is 0 Å². The number of amides is 1. The van der Waals surface area contributed by atoms with Gasteiger partial charge in [-0.05, 0) is 49.5 Å². The van der Waals surface area contributed by atoms with Gasteiger partial charge in [-0.3, -0.25) is 9.78 Å². The predicted molar refractivity (Wildman–Crippen MR) is 83.2 cm³/mol. The maximum absolute atomic E-state index is 11.7. The smallest absolute Gasteiger partial charge is 0.226 e. The van der Waals surface area contributed by atoms with E-state index in [-0.39, 0.29) is 11.9 Å². The Morgan fingerprint density at radius 1 is 1.55 bits per heavy atom. The van der Waals surface area contributed by atoms with Gasteiger partial charge in [0, 0.05) is 25.4 Å². The van der Waals surface area contributed by atoms with Crippen molar-refractivity contribution in [1.82, 2.24) is 15.2 Å². The standard InChI is InChI=1S/C15H21N3OS/c1-2-6-14(19)17-15(20)18-10-4-3-8-13(18)12-7-5-9-16-11-12/h5,7,9,11,13H,2-4,6,8,10H2,1H3,(H,17,19,20). The summed E-state index contributed by atoms with van der Waals surface area (Å²) in [6.45, 7) is 2.88. The summed E-state index contributed by atoms with van der Waals surface area (Å²) in [7, 11) is 0. The minimum Gasteiger partial charge on any atom is -0.342 e. The van der Waals surface area contributed by atoms with Crippen molar-refractivity contribution in [2.24, 2.45) is 0 Å². The Bertz CT molecular complexity index is 463. The van der Waals surface area contributed by atoms with E-state index in [4.69, 9.17) is 12.2 Å². The van der Waals surface area contributed by atoms with E-state index in [1.807, 2.05) is 19.2 Å². The molecule has 2 heterocycles. The molecular formula is C15H21N3OS. The first-order valence-electron chi connectivity index (χ1n) is 7.22. The van der Waals surface area contributed by atoms with Gasteiger partial charge < -0.3 is 10.2 Å².